The first-order valence-electron chi connectivity index (χ1n) is 4.40. The van der Waals surface area contributed by atoms with Gasteiger partial charge in [-0.25, -0.2) is 9.97 Å². The van der Waals surface area contributed by atoms with Crippen molar-refractivity contribution in [3.05, 3.63) is 38.2 Å². The van der Waals surface area contributed by atoms with Gasteiger partial charge in [-0.1, -0.05) is 0 Å². The molecule has 0 aliphatic heterocycles. The molecule has 0 bridgehead atoms. The number of rotatable bonds is 2. The zero-order valence-corrected chi connectivity index (χ0v) is 8.97. The molecule has 2 heterocycles. The average Bonchev–Trinajstić information content (AvgIpc) is 2.49. The Morgan fingerprint density at radius 1 is 1.53 bits per heavy atom. The van der Waals surface area contributed by atoms with Crippen LogP contribution in [0.15, 0.2) is 16.2 Å². The van der Waals surface area contributed by atoms with Crippen molar-refractivity contribution in [2.45, 2.75) is 13.3 Å². The summed E-state index contributed by atoms with van der Waals surface area (Å²) >= 11 is 1.55. The molecule has 3 N–H and O–H groups in total. The van der Waals surface area contributed by atoms with Crippen LogP contribution in [0.1, 0.15) is 16.4 Å². The van der Waals surface area contributed by atoms with Gasteiger partial charge in [0, 0.05) is 23.6 Å². The number of nitrogens with one attached hydrogen (secondary N) is 1. The second-order valence-electron chi connectivity index (χ2n) is 3.18. The largest absolute Gasteiger partial charge is 0.369 e. The highest BCUT2D eigenvalue weighted by molar-refractivity contribution is 7.09. The maximum Gasteiger partial charge on any atom is 0.252 e. The molecule has 0 fully saturated rings. The van der Waals surface area contributed by atoms with Gasteiger partial charge in [0.15, 0.2) is 0 Å². The SMILES string of the molecule is Cc1csc(Cc2cc(=O)[nH]c(N)n2)n1. The molecule has 2 aromatic rings. The number of anilines is 1. The van der Waals surface area contributed by atoms with E-state index >= 15 is 0 Å². The van der Waals surface area contributed by atoms with E-state index in [1.165, 1.54) is 6.07 Å². The van der Waals surface area contributed by atoms with Crippen molar-refractivity contribution in [1.82, 2.24) is 15.0 Å². The van der Waals surface area contributed by atoms with E-state index in [2.05, 4.69) is 15.0 Å². The van der Waals surface area contributed by atoms with Gasteiger partial charge in [0.05, 0.1) is 10.7 Å². The van der Waals surface area contributed by atoms with E-state index in [4.69, 9.17) is 5.73 Å². The van der Waals surface area contributed by atoms with Crippen LogP contribution in [-0.2, 0) is 6.42 Å². The van der Waals surface area contributed by atoms with Crippen molar-refractivity contribution < 1.29 is 0 Å². The summed E-state index contributed by atoms with van der Waals surface area (Å²) in [5.41, 5.74) is 6.83. The molecule has 2 rings (SSSR count). The van der Waals surface area contributed by atoms with Crippen LogP contribution < -0.4 is 11.3 Å². The number of aryl methyl sites for hydroxylation is 1. The first kappa shape index (κ1) is 9.85. The van der Waals surface area contributed by atoms with Crippen LogP contribution >= 0.6 is 11.3 Å². The normalized spacial score (nSPS) is 10.5. The average molecular weight is 222 g/mol. The van der Waals surface area contributed by atoms with Gasteiger partial charge in [0.1, 0.15) is 0 Å². The Morgan fingerprint density at radius 2 is 2.33 bits per heavy atom. The molecular weight excluding hydrogens is 212 g/mol. The molecule has 0 aliphatic carbocycles. The quantitative estimate of drug-likeness (QED) is 0.783. The second-order valence-corrected chi connectivity index (χ2v) is 4.12. The van der Waals surface area contributed by atoms with E-state index in [9.17, 15) is 4.79 Å². The highest BCUT2D eigenvalue weighted by Gasteiger charge is 2.03. The van der Waals surface area contributed by atoms with E-state index in [1.54, 1.807) is 11.3 Å². The third kappa shape index (κ3) is 2.41. The van der Waals surface area contributed by atoms with Crippen LogP contribution in [0.25, 0.3) is 0 Å². The number of aromatic nitrogens is 3. The number of hydrogen-bond donors (Lipinski definition) is 2. The Balaban J connectivity index is 2.28. The molecule has 78 valence electrons. The van der Waals surface area contributed by atoms with Crippen molar-refractivity contribution in [2.24, 2.45) is 0 Å². The lowest BCUT2D eigenvalue weighted by Gasteiger charge is -1.97. The molecule has 0 saturated heterocycles. The molecule has 15 heavy (non-hydrogen) atoms. The van der Waals surface area contributed by atoms with E-state index in [0.717, 1.165) is 10.7 Å². The van der Waals surface area contributed by atoms with Crippen LogP contribution in [0.2, 0.25) is 0 Å². The Labute approximate surface area is 90.0 Å². The van der Waals surface area contributed by atoms with Crippen LogP contribution in [0.4, 0.5) is 5.95 Å². The van der Waals surface area contributed by atoms with Crippen LogP contribution in [-0.4, -0.2) is 15.0 Å². The number of hydrogen-bond acceptors (Lipinski definition) is 5. The molecule has 0 unspecified atom stereocenters. The second kappa shape index (κ2) is 3.82. The molecular formula is C9H10N4OS. The van der Waals surface area contributed by atoms with Gasteiger partial charge in [0.2, 0.25) is 5.95 Å². The number of nitrogens with two attached hydrogens (primary N) is 1. The van der Waals surface area contributed by atoms with Crippen molar-refractivity contribution in [3.8, 4) is 0 Å². The monoisotopic (exact) mass is 222 g/mol. The minimum atomic E-state index is -0.231. The maximum absolute atomic E-state index is 11.1. The summed E-state index contributed by atoms with van der Waals surface area (Å²) in [6, 6.07) is 1.44. The van der Waals surface area contributed by atoms with Gasteiger partial charge in [-0.3, -0.25) is 9.78 Å². The van der Waals surface area contributed by atoms with Crippen LogP contribution in [0.3, 0.4) is 0 Å². The van der Waals surface area contributed by atoms with Gasteiger partial charge >= 0.3 is 0 Å². The molecule has 0 saturated carbocycles. The Hall–Kier alpha value is -1.69. The lowest BCUT2D eigenvalue weighted by Crippen LogP contribution is -2.12. The van der Waals surface area contributed by atoms with Gasteiger partial charge in [-0.15, -0.1) is 11.3 Å². The fraction of sp³-hybridized carbons (Fsp3) is 0.222. The van der Waals surface area contributed by atoms with Crippen molar-refractivity contribution in [3.63, 3.8) is 0 Å². The smallest absolute Gasteiger partial charge is 0.252 e. The van der Waals surface area contributed by atoms with Crippen LogP contribution in [0, 0.1) is 6.92 Å². The lowest BCUT2D eigenvalue weighted by atomic mass is 10.3. The summed E-state index contributed by atoms with van der Waals surface area (Å²) in [4.78, 5) is 21.8. The number of H-pyrrole nitrogens is 1. The zero-order chi connectivity index (χ0) is 10.8. The topological polar surface area (TPSA) is 84.7 Å². The maximum atomic E-state index is 11.1. The molecule has 0 radical (unpaired) electrons. The highest BCUT2D eigenvalue weighted by atomic mass is 32.1. The number of aromatic amines is 1. The summed E-state index contributed by atoms with van der Waals surface area (Å²) in [5.74, 6) is 0.144. The third-order valence-electron chi connectivity index (χ3n) is 1.81. The molecule has 5 nitrogen and oxygen atoms in total. The van der Waals surface area contributed by atoms with Crippen molar-refractivity contribution >= 4 is 17.3 Å². The molecule has 0 aromatic carbocycles. The molecule has 2 aromatic heterocycles. The fourth-order valence-electron chi connectivity index (χ4n) is 1.26. The molecule has 0 atom stereocenters. The van der Waals surface area contributed by atoms with Gasteiger partial charge < -0.3 is 5.73 Å². The standard InChI is InChI=1S/C9H10N4OS/c1-5-4-15-8(11-5)3-6-2-7(14)13-9(10)12-6/h2,4H,3H2,1H3,(H3,10,12,13,14). The zero-order valence-electron chi connectivity index (χ0n) is 8.15. The fourth-order valence-corrected chi connectivity index (χ4v) is 2.05. The summed E-state index contributed by atoms with van der Waals surface area (Å²) in [6.07, 6.45) is 0.548. The van der Waals surface area contributed by atoms with Crippen LogP contribution in [0.5, 0.6) is 0 Å². The number of thiazole rings is 1. The summed E-state index contributed by atoms with van der Waals surface area (Å²) in [5, 5.41) is 2.90. The Kier molecular flexibility index (Phi) is 2.51. The van der Waals surface area contributed by atoms with Gasteiger partial charge in [0.25, 0.3) is 5.56 Å². The molecule has 0 aliphatic rings. The minimum absolute atomic E-state index is 0.144. The Morgan fingerprint density at radius 3 is 2.93 bits per heavy atom. The summed E-state index contributed by atoms with van der Waals surface area (Å²) in [7, 11) is 0. The van der Waals surface area contributed by atoms with Crippen molar-refractivity contribution in [2.75, 3.05) is 5.73 Å². The minimum Gasteiger partial charge on any atom is -0.369 e. The first-order chi connectivity index (χ1) is 7.13. The summed E-state index contributed by atoms with van der Waals surface area (Å²) < 4.78 is 0. The van der Waals surface area contributed by atoms with Crippen molar-refractivity contribution in [1.29, 1.82) is 0 Å². The number of nitrogens with zero attached hydrogens (tertiary/aromatic N) is 2. The van der Waals surface area contributed by atoms with Gasteiger partial charge in [-0.2, -0.15) is 0 Å². The number of nitrogen functional groups attached to an aromatic ring is 1. The Bertz CT molecular complexity index is 531. The summed E-state index contributed by atoms with van der Waals surface area (Å²) in [6.45, 7) is 1.93. The molecule has 0 amide bonds. The molecule has 6 heteroatoms. The predicted octanol–water partition coefficient (Wildman–Crippen LogP) is 0.708. The lowest BCUT2D eigenvalue weighted by molar-refractivity contribution is 0.998. The third-order valence-corrected chi connectivity index (χ3v) is 2.78. The van der Waals surface area contributed by atoms with E-state index in [1.807, 2.05) is 12.3 Å². The predicted molar refractivity (Wildman–Crippen MR) is 58.9 cm³/mol. The highest BCUT2D eigenvalue weighted by Crippen LogP contribution is 2.12. The van der Waals surface area contributed by atoms with Gasteiger partial charge in [-0.05, 0) is 6.92 Å². The van der Waals surface area contributed by atoms with E-state index < -0.39 is 0 Å². The van der Waals surface area contributed by atoms with E-state index in [0.29, 0.717) is 12.1 Å². The van der Waals surface area contributed by atoms with E-state index in [-0.39, 0.29) is 11.5 Å². The molecule has 0 spiro atoms. The first-order valence-corrected chi connectivity index (χ1v) is 5.28.